The average molecular weight is 228 g/mol. The molecule has 0 N–H and O–H groups in total. The molecule has 4 nitrogen and oxygen atoms in total. The quantitative estimate of drug-likeness (QED) is 0.735. The van der Waals surface area contributed by atoms with Gasteiger partial charge in [-0.3, -0.25) is 8.98 Å². The topological polar surface area (TPSA) is 60.4 Å². The molecule has 0 saturated heterocycles. The number of benzene rings is 1. The van der Waals surface area contributed by atoms with Crippen LogP contribution in [0.5, 0.6) is 0 Å². The van der Waals surface area contributed by atoms with Crippen LogP contribution in [0.25, 0.3) is 0 Å². The summed E-state index contributed by atoms with van der Waals surface area (Å²) in [6.45, 7) is 3.32. The maximum absolute atomic E-state index is 11.5. The molecule has 5 heteroatoms. The Morgan fingerprint density at radius 3 is 2.27 bits per heavy atom. The Kier molecular flexibility index (Phi) is 3.60. The smallest absolute Gasteiger partial charge is 0.273 e. The van der Waals surface area contributed by atoms with E-state index in [9.17, 15) is 13.2 Å². The Morgan fingerprint density at radius 1 is 1.27 bits per heavy atom. The van der Waals surface area contributed by atoms with Gasteiger partial charge in [0.15, 0.2) is 0 Å². The van der Waals surface area contributed by atoms with Gasteiger partial charge in [-0.05, 0) is 26.0 Å². The fourth-order valence-electron chi connectivity index (χ4n) is 1.04. The van der Waals surface area contributed by atoms with Crippen LogP contribution >= 0.6 is 0 Å². The lowest BCUT2D eigenvalue weighted by Gasteiger charge is -2.02. The number of rotatable bonds is 3. The summed E-state index contributed by atoms with van der Waals surface area (Å²) in [5.74, 6) is 0. The summed E-state index contributed by atoms with van der Waals surface area (Å²) in [7, 11) is -4.12. The molecule has 0 aliphatic rings. The van der Waals surface area contributed by atoms with E-state index < -0.39 is 15.2 Å². The van der Waals surface area contributed by atoms with Gasteiger partial charge in [-0.2, -0.15) is 8.42 Å². The minimum absolute atomic E-state index is 0.0417. The van der Waals surface area contributed by atoms with E-state index in [4.69, 9.17) is 0 Å². The third-order valence-electron chi connectivity index (χ3n) is 1.79. The molecule has 0 aromatic heterocycles. The lowest BCUT2D eigenvalue weighted by molar-refractivity contribution is 0.105. The molecule has 0 fully saturated rings. The van der Waals surface area contributed by atoms with Crippen molar-refractivity contribution in [2.45, 2.75) is 13.8 Å². The molecular weight excluding hydrogens is 216 g/mol. The third kappa shape index (κ3) is 2.87. The summed E-state index contributed by atoms with van der Waals surface area (Å²) >= 11 is 0. The molecule has 0 spiro atoms. The highest BCUT2D eigenvalue weighted by atomic mass is 32.2. The fourth-order valence-corrected chi connectivity index (χ4v) is 1.88. The van der Waals surface area contributed by atoms with Crippen molar-refractivity contribution in [2.24, 2.45) is 0 Å². The summed E-state index contributed by atoms with van der Waals surface area (Å²) in [6.07, 6.45) is 0. The Bertz CT molecular complexity index is 445. The van der Waals surface area contributed by atoms with Crippen molar-refractivity contribution in [1.29, 1.82) is 0 Å². The predicted octanol–water partition coefficient (Wildman–Crippen LogP) is 1.50. The number of carbonyl (C=O) groups excluding carboxylic acids is 1. The van der Waals surface area contributed by atoms with Gasteiger partial charge in [-0.1, -0.05) is 17.7 Å². The zero-order valence-electron chi connectivity index (χ0n) is 8.56. The van der Waals surface area contributed by atoms with Crippen molar-refractivity contribution in [3.8, 4) is 0 Å². The first-order valence-electron chi connectivity index (χ1n) is 4.48. The van der Waals surface area contributed by atoms with Crippen LogP contribution in [-0.2, 0) is 14.3 Å². The lowest BCUT2D eigenvalue weighted by atomic mass is 10.2. The molecule has 1 aromatic rings. The second-order valence-corrected chi connectivity index (χ2v) is 4.53. The molecule has 15 heavy (non-hydrogen) atoms. The van der Waals surface area contributed by atoms with Gasteiger partial charge in [0.1, 0.15) is 0 Å². The van der Waals surface area contributed by atoms with Crippen LogP contribution in [0.2, 0.25) is 0 Å². The number of aryl methyl sites for hydroxylation is 1. The third-order valence-corrected chi connectivity index (χ3v) is 3.02. The van der Waals surface area contributed by atoms with E-state index in [1.165, 1.54) is 19.1 Å². The van der Waals surface area contributed by atoms with E-state index in [1.54, 1.807) is 12.1 Å². The second-order valence-electron chi connectivity index (χ2n) is 3.01. The van der Waals surface area contributed by atoms with Gasteiger partial charge in [0.2, 0.25) is 0 Å². The largest absolute Gasteiger partial charge is 0.335 e. The monoisotopic (exact) mass is 228 g/mol. The first-order valence-corrected chi connectivity index (χ1v) is 5.88. The minimum Gasteiger partial charge on any atom is -0.273 e. The van der Waals surface area contributed by atoms with Gasteiger partial charge in [-0.15, -0.1) is 0 Å². The van der Waals surface area contributed by atoms with Crippen molar-refractivity contribution in [2.75, 3.05) is 6.61 Å². The number of hydrogen-bond acceptors (Lipinski definition) is 4. The van der Waals surface area contributed by atoms with Crippen molar-refractivity contribution in [1.82, 2.24) is 0 Å². The van der Waals surface area contributed by atoms with E-state index in [0.717, 1.165) is 5.56 Å². The predicted molar refractivity (Wildman–Crippen MR) is 56.1 cm³/mol. The van der Waals surface area contributed by atoms with Crippen molar-refractivity contribution in [3.63, 3.8) is 0 Å². The van der Waals surface area contributed by atoms with Crippen LogP contribution in [0.1, 0.15) is 22.8 Å². The Balaban J connectivity index is 3.00. The summed E-state index contributed by atoms with van der Waals surface area (Å²) in [5, 5.41) is -0.996. The highest BCUT2D eigenvalue weighted by Crippen LogP contribution is 2.09. The summed E-state index contributed by atoms with van der Waals surface area (Å²) in [4.78, 5) is 11.5. The Hall–Kier alpha value is -1.20. The molecule has 0 unspecified atom stereocenters. The molecule has 82 valence electrons. The summed E-state index contributed by atoms with van der Waals surface area (Å²) in [6, 6.07) is 6.28. The van der Waals surface area contributed by atoms with Crippen LogP contribution < -0.4 is 0 Å². The standard InChI is InChI=1S/C10H12O4S/c1-3-14-15(12,13)10(11)9-6-4-8(2)5-7-9/h4-7H,3H2,1-2H3. The van der Waals surface area contributed by atoms with Crippen LogP contribution in [0.15, 0.2) is 24.3 Å². The van der Waals surface area contributed by atoms with Crippen LogP contribution in [0.3, 0.4) is 0 Å². The molecule has 0 saturated carbocycles. The van der Waals surface area contributed by atoms with Gasteiger partial charge >= 0.3 is 15.2 Å². The van der Waals surface area contributed by atoms with Gasteiger partial charge in [0.25, 0.3) is 0 Å². The highest BCUT2D eigenvalue weighted by Gasteiger charge is 2.23. The highest BCUT2D eigenvalue weighted by molar-refractivity contribution is 8.02. The van der Waals surface area contributed by atoms with Crippen molar-refractivity contribution in [3.05, 3.63) is 35.4 Å². The van der Waals surface area contributed by atoms with Crippen molar-refractivity contribution < 1.29 is 17.4 Å². The number of carbonyl (C=O) groups is 1. The fraction of sp³-hybridized carbons (Fsp3) is 0.300. The molecular formula is C10H12O4S. The normalized spacial score (nSPS) is 11.3. The molecule has 0 heterocycles. The maximum atomic E-state index is 11.5. The number of hydrogen-bond donors (Lipinski definition) is 0. The van der Waals surface area contributed by atoms with E-state index in [-0.39, 0.29) is 12.2 Å². The van der Waals surface area contributed by atoms with Crippen LogP contribution in [-0.4, -0.2) is 20.1 Å². The van der Waals surface area contributed by atoms with Gasteiger partial charge in [0.05, 0.1) is 6.61 Å². The average Bonchev–Trinajstić information content (AvgIpc) is 2.18. The molecule has 0 radical (unpaired) electrons. The van der Waals surface area contributed by atoms with E-state index in [0.29, 0.717) is 0 Å². The van der Waals surface area contributed by atoms with E-state index >= 15 is 0 Å². The zero-order valence-corrected chi connectivity index (χ0v) is 9.37. The molecule has 1 aromatic carbocycles. The SMILES string of the molecule is CCOS(=O)(=O)C(=O)c1ccc(C)cc1. The molecule has 0 aliphatic carbocycles. The van der Waals surface area contributed by atoms with Gasteiger partial charge in [-0.25, -0.2) is 0 Å². The molecule has 0 amide bonds. The Labute approximate surface area is 89.0 Å². The lowest BCUT2D eigenvalue weighted by Crippen LogP contribution is -2.17. The summed E-state index contributed by atoms with van der Waals surface area (Å²) < 4.78 is 26.9. The molecule has 0 aliphatic heterocycles. The molecule has 0 atom stereocenters. The zero-order chi connectivity index (χ0) is 11.5. The van der Waals surface area contributed by atoms with Crippen LogP contribution in [0, 0.1) is 6.92 Å². The molecule has 0 bridgehead atoms. The minimum atomic E-state index is -4.12. The molecule has 1 rings (SSSR count). The van der Waals surface area contributed by atoms with E-state index in [2.05, 4.69) is 4.18 Å². The summed E-state index contributed by atoms with van der Waals surface area (Å²) in [5.41, 5.74) is 1.08. The first kappa shape index (κ1) is 11.9. The second kappa shape index (κ2) is 4.55. The first-order chi connectivity index (χ1) is 6.97. The van der Waals surface area contributed by atoms with Crippen molar-refractivity contribution >= 4 is 15.2 Å². The van der Waals surface area contributed by atoms with Crippen LogP contribution in [0.4, 0.5) is 0 Å². The van der Waals surface area contributed by atoms with Gasteiger partial charge in [0, 0.05) is 5.56 Å². The Morgan fingerprint density at radius 2 is 1.80 bits per heavy atom. The maximum Gasteiger partial charge on any atom is 0.335 e. The van der Waals surface area contributed by atoms with Gasteiger partial charge < -0.3 is 0 Å². The van der Waals surface area contributed by atoms with E-state index in [1.807, 2.05) is 6.92 Å².